The summed E-state index contributed by atoms with van der Waals surface area (Å²) in [6, 6.07) is 16.8. The quantitative estimate of drug-likeness (QED) is 0.590. The molecule has 1 heterocycles. The molecule has 2 N–H and O–H groups in total. The highest BCUT2D eigenvalue weighted by atomic mass is 127. The predicted molar refractivity (Wildman–Crippen MR) is 104 cm³/mol. The van der Waals surface area contributed by atoms with Crippen molar-refractivity contribution in [3.05, 3.63) is 74.3 Å². The molecule has 118 valence electrons. The maximum atomic E-state index is 5.84. The summed E-state index contributed by atoms with van der Waals surface area (Å²) in [4.78, 5) is 4.51. The van der Waals surface area contributed by atoms with Crippen molar-refractivity contribution in [2.24, 2.45) is 0 Å². The number of anilines is 1. The third-order valence-corrected chi connectivity index (χ3v) is 5.18. The summed E-state index contributed by atoms with van der Waals surface area (Å²) in [6.07, 6.45) is 0.895. The van der Waals surface area contributed by atoms with Gasteiger partial charge >= 0.3 is 0 Å². The normalized spacial score (nSPS) is 12.1. The Hall–Kier alpha value is -1.60. The Morgan fingerprint density at radius 1 is 1.13 bits per heavy atom. The Labute approximate surface area is 153 Å². The molecular formula is C18H17IN2OS. The molecule has 1 atom stereocenters. The van der Waals surface area contributed by atoms with Crippen LogP contribution in [0.2, 0.25) is 0 Å². The number of nitrogen functional groups attached to an aromatic ring is 1. The van der Waals surface area contributed by atoms with E-state index in [0.29, 0.717) is 5.13 Å². The van der Waals surface area contributed by atoms with E-state index in [-0.39, 0.29) is 5.92 Å². The van der Waals surface area contributed by atoms with Gasteiger partial charge in [0.05, 0.1) is 12.8 Å². The summed E-state index contributed by atoms with van der Waals surface area (Å²) in [6.45, 7) is 0. The smallest absolute Gasteiger partial charge is 0.180 e. The predicted octanol–water partition coefficient (Wildman–Crippen LogP) is 4.71. The number of rotatable bonds is 5. The molecule has 0 aliphatic carbocycles. The lowest BCUT2D eigenvalue weighted by atomic mass is 9.90. The van der Waals surface area contributed by atoms with Crippen molar-refractivity contribution in [3.63, 3.8) is 0 Å². The number of nitrogens with zero attached hydrogens (tertiary/aromatic N) is 1. The van der Waals surface area contributed by atoms with Crippen LogP contribution in [-0.4, -0.2) is 12.1 Å². The van der Waals surface area contributed by atoms with Crippen LogP contribution >= 0.6 is 33.9 Å². The highest BCUT2D eigenvalue weighted by Crippen LogP contribution is 2.31. The zero-order valence-corrected chi connectivity index (χ0v) is 15.7. The average Bonchev–Trinajstić information content (AvgIpc) is 3.01. The SMILES string of the molecule is COc1ccc(C(Cc2ccc(I)cc2)c2csc(N)n2)cc1. The van der Waals surface area contributed by atoms with Gasteiger partial charge in [-0.1, -0.05) is 24.3 Å². The van der Waals surface area contributed by atoms with Crippen molar-refractivity contribution in [1.29, 1.82) is 0 Å². The van der Waals surface area contributed by atoms with Crippen LogP contribution in [0.3, 0.4) is 0 Å². The van der Waals surface area contributed by atoms with E-state index in [9.17, 15) is 0 Å². The monoisotopic (exact) mass is 436 g/mol. The van der Waals surface area contributed by atoms with Crippen molar-refractivity contribution < 1.29 is 4.74 Å². The number of hydrogen-bond donors (Lipinski definition) is 1. The Balaban J connectivity index is 1.94. The number of thiazole rings is 1. The van der Waals surface area contributed by atoms with E-state index in [1.54, 1.807) is 7.11 Å². The maximum absolute atomic E-state index is 5.84. The van der Waals surface area contributed by atoms with Crippen molar-refractivity contribution in [2.45, 2.75) is 12.3 Å². The fourth-order valence-corrected chi connectivity index (χ4v) is 3.52. The lowest BCUT2D eigenvalue weighted by molar-refractivity contribution is 0.414. The van der Waals surface area contributed by atoms with Crippen molar-refractivity contribution >= 4 is 39.1 Å². The fraction of sp³-hybridized carbons (Fsp3) is 0.167. The molecule has 0 spiro atoms. The van der Waals surface area contributed by atoms with Crippen LogP contribution < -0.4 is 10.5 Å². The van der Waals surface area contributed by atoms with E-state index in [1.165, 1.54) is 26.0 Å². The number of nitrogens with two attached hydrogens (primary N) is 1. The van der Waals surface area contributed by atoms with Crippen LogP contribution in [0, 0.1) is 3.57 Å². The second-order valence-electron chi connectivity index (χ2n) is 5.27. The molecule has 0 fully saturated rings. The van der Waals surface area contributed by atoms with Gasteiger partial charge in [0, 0.05) is 14.9 Å². The molecule has 0 amide bonds. The van der Waals surface area contributed by atoms with E-state index in [4.69, 9.17) is 10.5 Å². The largest absolute Gasteiger partial charge is 0.497 e. The number of ether oxygens (including phenoxy) is 1. The number of halogens is 1. The fourth-order valence-electron chi connectivity index (χ4n) is 2.55. The van der Waals surface area contributed by atoms with Gasteiger partial charge in [-0.15, -0.1) is 11.3 Å². The van der Waals surface area contributed by atoms with Crippen molar-refractivity contribution in [1.82, 2.24) is 4.98 Å². The molecule has 2 aromatic carbocycles. The topological polar surface area (TPSA) is 48.1 Å². The second kappa shape index (κ2) is 7.31. The summed E-state index contributed by atoms with van der Waals surface area (Å²) in [5.41, 5.74) is 9.37. The van der Waals surface area contributed by atoms with E-state index >= 15 is 0 Å². The summed E-state index contributed by atoms with van der Waals surface area (Å²) in [7, 11) is 1.68. The number of hydrogen-bond acceptors (Lipinski definition) is 4. The van der Waals surface area contributed by atoms with Gasteiger partial charge in [-0.3, -0.25) is 0 Å². The third-order valence-electron chi connectivity index (χ3n) is 3.77. The van der Waals surface area contributed by atoms with Crippen LogP contribution in [0.5, 0.6) is 5.75 Å². The minimum atomic E-state index is 0.189. The van der Waals surface area contributed by atoms with E-state index < -0.39 is 0 Å². The van der Waals surface area contributed by atoms with Gasteiger partial charge in [-0.2, -0.15) is 0 Å². The van der Waals surface area contributed by atoms with Crippen LogP contribution in [0.1, 0.15) is 22.7 Å². The molecule has 0 saturated carbocycles. The Morgan fingerprint density at radius 2 is 1.83 bits per heavy atom. The molecule has 0 aliphatic rings. The summed E-state index contributed by atoms with van der Waals surface area (Å²) < 4.78 is 6.50. The van der Waals surface area contributed by atoms with Gasteiger partial charge in [0.15, 0.2) is 5.13 Å². The standard InChI is InChI=1S/C18H17IN2OS/c1-22-15-8-4-13(5-9-15)16(17-11-23-18(20)21-17)10-12-2-6-14(19)7-3-12/h2-9,11,16H,10H2,1H3,(H2,20,21). The van der Waals surface area contributed by atoms with Crippen LogP contribution in [-0.2, 0) is 6.42 Å². The third kappa shape index (κ3) is 4.03. The first-order valence-electron chi connectivity index (χ1n) is 7.25. The zero-order valence-electron chi connectivity index (χ0n) is 12.7. The van der Waals surface area contributed by atoms with Gasteiger partial charge in [-0.05, 0) is 64.4 Å². The maximum Gasteiger partial charge on any atom is 0.180 e. The average molecular weight is 436 g/mol. The molecule has 3 rings (SSSR count). The lowest BCUT2D eigenvalue weighted by Gasteiger charge is -2.16. The Bertz CT molecular complexity index is 768. The van der Waals surface area contributed by atoms with Gasteiger partial charge in [0.1, 0.15) is 5.75 Å². The molecule has 0 radical (unpaired) electrons. The number of benzene rings is 2. The van der Waals surface area contributed by atoms with E-state index in [0.717, 1.165) is 17.9 Å². The lowest BCUT2D eigenvalue weighted by Crippen LogP contribution is -2.06. The molecule has 0 bridgehead atoms. The van der Waals surface area contributed by atoms with Crippen LogP contribution in [0.4, 0.5) is 5.13 Å². The van der Waals surface area contributed by atoms with E-state index in [2.05, 4.69) is 69.4 Å². The van der Waals surface area contributed by atoms with Crippen molar-refractivity contribution in [3.8, 4) is 5.75 Å². The minimum Gasteiger partial charge on any atom is -0.497 e. The van der Waals surface area contributed by atoms with Crippen molar-refractivity contribution in [2.75, 3.05) is 12.8 Å². The molecular weight excluding hydrogens is 419 g/mol. The molecule has 1 unspecified atom stereocenters. The highest BCUT2D eigenvalue weighted by Gasteiger charge is 2.18. The minimum absolute atomic E-state index is 0.189. The molecule has 0 saturated heterocycles. The molecule has 23 heavy (non-hydrogen) atoms. The molecule has 1 aromatic heterocycles. The summed E-state index contributed by atoms with van der Waals surface area (Å²) >= 11 is 3.81. The van der Waals surface area contributed by atoms with Gasteiger partial charge in [0.25, 0.3) is 0 Å². The first-order chi connectivity index (χ1) is 11.2. The second-order valence-corrected chi connectivity index (χ2v) is 7.40. The number of aromatic nitrogens is 1. The molecule has 0 aliphatic heterocycles. The van der Waals surface area contributed by atoms with Gasteiger partial charge in [-0.25, -0.2) is 4.98 Å². The van der Waals surface area contributed by atoms with E-state index in [1.807, 2.05) is 12.1 Å². The first-order valence-corrected chi connectivity index (χ1v) is 9.21. The molecule has 5 heteroatoms. The van der Waals surface area contributed by atoms with Crippen LogP contribution in [0.25, 0.3) is 0 Å². The summed E-state index contributed by atoms with van der Waals surface area (Å²) in [5.74, 6) is 1.05. The molecule has 3 nitrogen and oxygen atoms in total. The zero-order chi connectivity index (χ0) is 16.2. The van der Waals surface area contributed by atoms with Gasteiger partial charge < -0.3 is 10.5 Å². The highest BCUT2D eigenvalue weighted by molar-refractivity contribution is 14.1. The Kier molecular flexibility index (Phi) is 5.17. The first kappa shape index (κ1) is 16.3. The Morgan fingerprint density at radius 3 is 2.39 bits per heavy atom. The van der Waals surface area contributed by atoms with Gasteiger partial charge in [0.2, 0.25) is 0 Å². The number of methoxy groups -OCH3 is 1. The molecule has 3 aromatic rings. The summed E-state index contributed by atoms with van der Waals surface area (Å²) in [5, 5.41) is 2.66. The van der Waals surface area contributed by atoms with Crippen LogP contribution in [0.15, 0.2) is 53.9 Å².